The van der Waals surface area contributed by atoms with Gasteiger partial charge < -0.3 is 14.6 Å². The van der Waals surface area contributed by atoms with Gasteiger partial charge in [0.25, 0.3) is 0 Å². The summed E-state index contributed by atoms with van der Waals surface area (Å²) in [6.45, 7) is 6.46. The summed E-state index contributed by atoms with van der Waals surface area (Å²) in [7, 11) is 0. The summed E-state index contributed by atoms with van der Waals surface area (Å²) in [5, 5.41) is 12.4. The number of carbonyl (C=O) groups excluding carboxylic acids is 1. The highest BCUT2D eigenvalue weighted by Crippen LogP contribution is 2.24. The van der Waals surface area contributed by atoms with Gasteiger partial charge in [0.2, 0.25) is 5.91 Å². The Balaban J connectivity index is 1.51. The van der Waals surface area contributed by atoms with Crippen molar-refractivity contribution in [3.8, 4) is 0 Å². The molecule has 1 saturated heterocycles. The number of hydrogen-bond acceptors (Lipinski definition) is 5. The summed E-state index contributed by atoms with van der Waals surface area (Å²) >= 11 is 1.44. The van der Waals surface area contributed by atoms with E-state index >= 15 is 0 Å². The van der Waals surface area contributed by atoms with E-state index in [9.17, 15) is 4.79 Å². The van der Waals surface area contributed by atoms with E-state index in [1.165, 1.54) is 17.3 Å². The zero-order valence-corrected chi connectivity index (χ0v) is 16.9. The van der Waals surface area contributed by atoms with Crippen LogP contribution in [0.25, 0.3) is 0 Å². The number of rotatable bonds is 9. The number of aromatic nitrogens is 3. The van der Waals surface area contributed by atoms with Crippen LogP contribution < -0.4 is 5.32 Å². The van der Waals surface area contributed by atoms with Crippen LogP contribution in [-0.4, -0.2) is 45.7 Å². The van der Waals surface area contributed by atoms with Crippen LogP contribution >= 0.6 is 11.8 Å². The number of benzene rings is 1. The molecule has 1 amide bonds. The van der Waals surface area contributed by atoms with Crippen molar-refractivity contribution in [1.82, 2.24) is 20.1 Å². The van der Waals surface area contributed by atoms with E-state index in [1.807, 2.05) is 18.2 Å². The second kappa shape index (κ2) is 9.90. The average Bonchev–Trinajstić information content (AvgIpc) is 3.31. The summed E-state index contributed by atoms with van der Waals surface area (Å²) in [5.74, 6) is 1.61. The number of ether oxygens (including phenoxy) is 1. The van der Waals surface area contributed by atoms with Crippen molar-refractivity contribution >= 4 is 17.7 Å². The van der Waals surface area contributed by atoms with Crippen molar-refractivity contribution in [2.24, 2.45) is 0 Å². The number of nitrogens with zero attached hydrogens (tertiary/aromatic N) is 3. The maximum absolute atomic E-state index is 12.2. The fourth-order valence-electron chi connectivity index (χ4n) is 3.17. The summed E-state index contributed by atoms with van der Waals surface area (Å²) < 4.78 is 7.90. The average molecular weight is 389 g/mol. The van der Waals surface area contributed by atoms with Crippen LogP contribution in [0.5, 0.6) is 0 Å². The van der Waals surface area contributed by atoms with E-state index in [2.05, 4.69) is 46.1 Å². The van der Waals surface area contributed by atoms with Crippen molar-refractivity contribution in [2.75, 3.05) is 18.9 Å². The van der Waals surface area contributed by atoms with Crippen LogP contribution in [0, 0.1) is 0 Å². The summed E-state index contributed by atoms with van der Waals surface area (Å²) in [5.41, 5.74) is 1.23. The lowest BCUT2D eigenvalue weighted by Gasteiger charge is -2.15. The van der Waals surface area contributed by atoms with Crippen molar-refractivity contribution in [3.05, 3.63) is 41.7 Å². The Kier molecular flexibility index (Phi) is 7.29. The van der Waals surface area contributed by atoms with Gasteiger partial charge in [0.05, 0.1) is 18.4 Å². The standard InChI is InChI=1S/C20H28N4O2S/c1-15(2)19-22-23-20(24(19)13-17-9-6-12-26-17)27-14-18(25)21-11-10-16-7-4-3-5-8-16/h3-5,7-8,15,17H,6,9-14H2,1-2H3,(H,21,25). The largest absolute Gasteiger partial charge is 0.376 e. The van der Waals surface area contributed by atoms with Crippen LogP contribution in [-0.2, 0) is 22.5 Å². The van der Waals surface area contributed by atoms with E-state index in [-0.39, 0.29) is 17.9 Å². The fourth-order valence-corrected chi connectivity index (χ4v) is 3.95. The zero-order chi connectivity index (χ0) is 19.1. The molecule has 0 bridgehead atoms. The van der Waals surface area contributed by atoms with Crippen molar-refractivity contribution in [3.63, 3.8) is 0 Å². The molecule has 1 atom stereocenters. The SMILES string of the molecule is CC(C)c1nnc(SCC(=O)NCCc2ccccc2)n1CC1CCCO1. The molecule has 1 unspecified atom stereocenters. The van der Waals surface area contributed by atoms with Crippen LogP contribution in [0.4, 0.5) is 0 Å². The first-order valence-corrected chi connectivity index (χ1v) is 10.6. The predicted molar refractivity (Wildman–Crippen MR) is 107 cm³/mol. The van der Waals surface area contributed by atoms with Gasteiger partial charge in [-0.3, -0.25) is 4.79 Å². The van der Waals surface area contributed by atoms with Gasteiger partial charge in [-0.25, -0.2) is 0 Å². The highest BCUT2D eigenvalue weighted by atomic mass is 32.2. The predicted octanol–water partition coefficient (Wildman–Crippen LogP) is 3.03. The molecule has 1 fully saturated rings. The molecule has 27 heavy (non-hydrogen) atoms. The first kappa shape index (κ1) is 19.9. The molecule has 1 aromatic carbocycles. The van der Waals surface area contributed by atoms with Crippen LogP contribution in [0.2, 0.25) is 0 Å². The van der Waals surface area contributed by atoms with Gasteiger partial charge in [0.1, 0.15) is 5.82 Å². The topological polar surface area (TPSA) is 69.0 Å². The fraction of sp³-hybridized carbons (Fsp3) is 0.550. The Labute approximate surface area is 165 Å². The molecule has 0 radical (unpaired) electrons. The van der Waals surface area contributed by atoms with Gasteiger partial charge in [-0.2, -0.15) is 0 Å². The van der Waals surface area contributed by atoms with E-state index in [0.717, 1.165) is 43.4 Å². The molecule has 146 valence electrons. The molecule has 1 aliphatic heterocycles. The Bertz CT molecular complexity index is 727. The van der Waals surface area contributed by atoms with Gasteiger partial charge in [-0.15, -0.1) is 10.2 Å². The van der Waals surface area contributed by atoms with Crippen LogP contribution in [0.15, 0.2) is 35.5 Å². The molecule has 0 aliphatic carbocycles. The van der Waals surface area contributed by atoms with E-state index < -0.39 is 0 Å². The number of nitrogens with one attached hydrogen (secondary N) is 1. The van der Waals surface area contributed by atoms with E-state index in [1.54, 1.807) is 0 Å². The number of hydrogen-bond donors (Lipinski definition) is 1. The quantitative estimate of drug-likeness (QED) is 0.669. The molecule has 3 rings (SSSR count). The van der Waals surface area contributed by atoms with Crippen LogP contribution in [0.3, 0.4) is 0 Å². The second-order valence-electron chi connectivity index (χ2n) is 7.12. The molecule has 2 aromatic rings. The second-order valence-corrected chi connectivity index (χ2v) is 8.06. The number of amides is 1. The molecule has 0 saturated carbocycles. The van der Waals surface area contributed by atoms with Gasteiger partial charge in [0, 0.05) is 19.1 Å². The zero-order valence-electron chi connectivity index (χ0n) is 16.1. The smallest absolute Gasteiger partial charge is 0.230 e. The van der Waals surface area contributed by atoms with Crippen LogP contribution in [0.1, 0.15) is 44.0 Å². The molecule has 1 aliphatic rings. The number of thioether (sulfide) groups is 1. The maximum atomic E-state index is 12.2. The molecule has 1 N–H and O–H groups in total. The maximum Gasteiger partial charge on any atom is 0.230 e. The van der Waals surface area contributed by atoms with Gasteiger partial charge >= 0.3 is 0 Å². The van der Waals surface area contributed by atoms with Gasteiger partial charge in [-0.1, -0.05) is 55.9 Å². The molecule has 2 heterocycles. The molecule has 0 spiro atoms. The third-order valence-corrected chi connectivity index (χ3v) is 5.55. The molecular weight excluding hydrogens is 360 g/mol. The highest BCUT2D eigenvalue weighted by molar-refractivity contribution is 7.99. The number of carbonyl (C=O) groups is 1. The van der Waals surface area contributed by atoms with Crippen molar-refractivity contribution < 1.29 is 9.53 Å². The van der Waals surface area contributed by atoms with Gasteiger partial charge in [0.15, 0.2) is 5.16 Å². The molecule has 1 aromatic heterocycles. The monoisotopic (exact) mass is 388 g/mol. The van der Waals surface area contributed by atoms with Gasteiger partial charge in [-0.05, 0) is 24.8 Å². The first-order chi connectivity index (χ1) is 13.1. The summed E-state index contributed by atoms with van der Waals surface area (Å²) in [4.78, 5) is 12.2. The van der Waals surface area contributed by atoms with Crippen molar-refractivity contribution in [2.45, 2.75) is 56.8 Å². The minimum atomic E-state index is 0.0219. The molecular formula is C20H28N4O2S. The minimum absolute atomic E-state index is 0.0219. The lowest BCUT2D eigenvalue weighted by molar-refractivity contribution is -0.118. The first-order valence-electron chi connectivity index (χ1n) is 9.61. The Hall–Kier alpha value is -1.86. The molecule has 7 heteroatoms. The normalized spacial score (nSPS) is 16.8. The Morgan fingerprint density at radius 1 is 1.33 bits per heavy atom. The summed E-state index contributed by atoms with van der Waals surface area (Å²) in [6, 6.07) is 10.2. The summed E-state index contributed by atoms with van der Waals surface area (Å²) in [6.07, 6.45) is 3.23. The van der Waals surface area contributed by atoms with E-state index in [4.69, 9.17) is 4.74 Å². The molecule has 6 nitrogen and oxygen atoms in total. The lowest BCUT2D eigenvalue weighted by Crippen LogP contribution is -2.27. The van der Waals surface area contributed by atoms with E-state index in [0.29, 0.717) is 12.3 Å². The highest BCUT2D eigenvalue weighted by Gasteiger charge is 2.22. The Morgan fingerprint density at radius 2 is 2.15 bits per heavy atom. The Morgan fingerprint density at radius 3 is 2.85 bits per heavy atom. The minimum Gasteiger partial charge on any atom is -0.376 e. The van der Waals surface area contributed by atoms with Crippen molar-refractivity contribution in [1.29, 1.82) is 0 Å². The lowest BCUT2D eigenvalue weighted by atomic mass is 10.1. The third kappa shape index (κ3) is 5.81. The third-order valence-electron chi connectivity index (χ3n) is 4.58.